The molecular formula is C13H15ClFNO2. The Morgan fingerprint density at radius 2 is 2.33 bits per heavy atom. The van der Waals surface area contributed by atoms with Gasteiger partial charge in [-0.3, -0.25) is 9.69 Å². The van der Waals surface area contributed by atoms with Crippen molar-refractivity contribution in [3.63, 3.8) is 0 Å². The lowest BCUT2D eigenvalue weighted by molar-refractivity contribution is -0.138. The van der Waals surface area contributed by atoms with Crippen LogP contribution < -0.4 is 0 Å². The first-order valence-electron chi connectivity index (χ1n) is 5.93. The zero-order valence-electron chi connectivity index (χ0n) is 9.90. The molecule has 1 unspecified atom stereocenters. The summed E-state index contributed by atoms with van der Waals surface area (Å²) in [6.45, 7) is 1.93. The summed E-state index contributed by atoms with van der Waals surface area (Å²) in [7, 11) is 0. The van der Waals surface area contributed by atoms with Gasteiger partial charge in [0.05, 0.1) is 0 Å². The summed E-state index contributed by atoms with van der Waals surface area (Å²) in [6.07, 6.45) is 1.03. The van der Waals surface area contributed by atoms with Gasteiger partial charge in [0.25, 0.3) is 0 Å². The van der Waals surface area contributed by atoms with Crippen LogP contribution >= 0.6 is 11.6 Å². The molecule has 1 aromatic rings. The monoisotopic (exact) mass is 271 g/mol. The fourth-order valence-corrected chi connectivity index (χ4v) is 2.60. The van der Waals surface area contributed by atoms with Gasteiger partial charge in [-0.05, 0) is 31.0 Å². The molecule has 2 rings (SSSR count). The van der Waals surface area contributed by atoms with Gasteiger partial charge in [-0.1, -0.05) is 17.7 Å². The molecule has 0 spiro atoms. The molecule has 1 aliphatic rings. The smallest absolute Gasteiger partial charge is 0.303 e. The predicted octanol–water partition coefficient (Wildman–Crippen LogP) is 2.78. The van der Waals surface area contributed by atoms with Gasteiger partial charge in [-0.25, -0.2) is 4.39 Å². The minimum absolute atomic E-state index is 0.160. The van der Waals surface area contributed by atoms with Crippen LogP contribution in [0.5, 0.6) is 0 Å². The third kappa shape index (κ3) is 3.21. The molecule has 1 fully saturated rings. The van der Waals surface area contributed by atoms with E-state index in [-0.39, 0.29) is 18.2 Å². The molecule has 1 aromatic carbocycles. The number of benzene rings is 1. The Hall–Kier alpha value is -1.13. The highest BCUT2D eigenvalue weighted by molar-refractivity contribution is 6.31. The topological polar surface area (TPSA) is 40.5 Å². The second-order valence-corrected chi connectivity index (χ2v) is 5.10. The van der Waals surface area contributed by atoms with Gasteiger partial charge in [-0.15, -0.1) is 0 Å². The number of halogens is 2. The van der Waals surface area contributed by atoms with Gasteiger partial charge in [0, 0.05) is 30.1 Å². The van der Waals surface area contributed by atoms with Crippen LogP contribution in [0.25, 0.3) is 0 Å². The molecule has 3 nitrogen and oxygen atoms in total. The molecule has 1 heterocycles. The Morgan fingerprint density at radius 3 is 3.00 bits per heavy atom. The predicted molar refractivity (Wildman–Crippen MR) is 67.0 cm³/mol. The van der Waals surface area contributed by atoms with Crippen molar-refractivity contribution in [1.82, 2.24) is 4.90 Å². The molecule has 18 heavy (non-hydrogen) atoms. The van der Waals surface area contributed by atoms with Crippen LogP contribution in [0.2, 0.25) is 5.02 Å². The summed E-state index contributed by atoms with van der Waals surface area (Å²) in [5, 5.41) is 9.17. The molecule has 0 aromatic heterocycles. The number of nitrogens with zero attached hydrogens (tertiary/aromatic N) is 1. The van der Waals surface area contributed by atoms with E-state index in [0.29, 0.717) is 23.7 Å². The van der Waals surface area contributed by atoms with Gasteiger partial charge in [-0.2, -0.15) is 0 Å². The summed E-state index contributed by atoms with van der Waals surface area (Å²) in [5.41, 5.74) is 0.496. The second-order valence-electron chi connectivity index (χ2n) is 4.69. The molecule has 0 saturated carbocycles. The number of rotatable bonds is 4. The van der Waals surface area contributed by atoms with Crippen LogP contribution in [-0.2, 0) is 11.3 Å². The van der Waals surface area contributed by atoms with Crippen LogP contribution in [0.1, 0.15) is 18.4 Å². The maximum atomic E-state index is 13.6. The molecule has 0 amide bonds. The molecule has 0 aliphatic carbocycles. The molecule has 0 radical (unpaired) electrons. The van der Waals surface area contributed by atoms with Crippen LogP contribution in [0, 0.1) is 11.7 Å². The van der Waals surface area contributed by atoms with Crippen molar-refractivity contribution in [3.05, 3.63) is 34.6 Å². The van der Waals surface area contributed by atoms with E-state index in [9.17, 15) is 9.18 Å². The average Bonchev–Trinajstić information content (AvgIpc) is 2.70. The molecular weight excluding hydrogens is 257 g/mol. The quantitative estimate of drug-likeness (QED) is 0.915. The molecule has 1 aliphatic heterocycles. The summed E-state index contributed by atoms with van der Waals surface area (Å²) in [4.78, 5) is 12.7. The first-order chi connectivity index (χ1) is 8.56. The maximum absolute atomic E-state index is 13.6. The summed E-state index contributed by atoms with van der Waals surface area (Å²) >= 11 is 5.97. The van der Waals surface area contributed by atoms with Gasteiger partial charge >= 0.3 is 5.97 Å². The number of carboxylic acids is 1. The first-order valence-corrected chi connectivity index (χ1v) is 6.31. The number of hydrogen-bond donors (Lipinski definition) is 1. The average molecular weight is 272 g/mol. The largest absolute Gasteiger partial charge is 0.481 e. The van der Waals surface area contributed by atoms with E-state index in [2.05, 4.69) is 4.90 Å². The molecule has 1 atom stereocenters. The third-order valence-corrected chi connectivity index (χ3v) is 3.63. The SMILES string of the molecule is O=C(O)CC1CCN(Cc2c(F)cccc2Cl)C1. The zero-order chi connectivity index (χ0) is 13.1. The second kappa shape index (κ2) is 5.67. The highest BCUT2D eigenvalue weighted by atomic mass is 35.5. The van der Waals surface area contributed by atoms with Gasteiger partial charge in [0.15, 0.2) is 0 Å². The van der Waals surface area contributed by atoms with Crippen LogP contribution in [0.15, 0.2) is 18.2 Å². The summed E-state index contributed by atoms with van der Waals surface area (Å²) < 4.78 is 13.6. The Bertz CT molecular complexity index is 432. The Kier molecular flexibility index (Phi) is 4.19. The van der Waals surface area contributed by atoms with Crippen molar-refractivity contribution in [2.75, 3.05) is 13.1 Å². The summed E-state index contributed by atoms with van der Waals surface area (Å²) in [5.74, 6) is -0.914. The minimum atomic E-state index is -0.772. The third-order valence-electron chi connectivity index (χ3n) is 3.28. The van der Waals surface area contributed by atoms with E-state index < -0.39 is 5.97 Å². The van der Waals surface area contributed by atoms with Crippen LogP contribution in [0.4, 0.5) is 4.39 Å². The van der Waals surface area contributed by atoms with Gasteiger partial charge in [0.2, 0.25) is 0 Å². The number of likely N-dealkylation sites (tertiary alicyclic amines) is 1. The van der Waals surface area contributed by atoms with E-state index in [1.165, 1.54) is 6.07 Å². The van der Waals surface area contributed by atoms with Crippen molar-refractivity contribution < 1.29 is 14.3 Å². The Balaban J connectivity index is 1.97. The van der Waals surface area contributed by atoms with E-state index >= 15 is 0 Å². The standard InChI is InChI=1S/C13H15ClFNO2/c14-11-2-1-3-12(15)10(11)8-16-5-4-9(7-16)6-13(17)18/h1-3,9H,4-8H2,(H,17,18). The van der Waals surface area contributed by atoms with Crippen molar-refractivity contribution in [2.45, 2.75) is 19.4 Å². The van der Waals surface area contributed by atoms with E-state index in [4.69, 9.17) is 16.7 Å². The first kappa shape index (κ1) is 13.3. The Morgan fingerprint density at radius 1 is 1.56 bits per heavy atom. The van der Waals surface area contributed by atoms with Crippen molar-refractivity contribution in [3.8, 4) is 0 Å². The van der Waals surface area contributed by atoms with Gasteiger partial charge < -0.3 is 5.11 Å². The van der Waals surface area contributed by atoms with Crippen molar-refractivity contribution >= 4 is 17.6 Å². The fraction of sp³-hybridized carbons (Fsp3) is 0.462. The lowest BCUT2D eigenvalue weighted by Crippen LogP contribution is -2.21. The fourth-order valence-electron chi connectivity index (χ4n) is 2.38. The summed E-state index contributed by atoms with van der Waals surface area (Å²) in [6, 6.07) is 4.65. The van der Waals surface area contributed by atoms with Crippen LogP contribution in [-0.4, -0.2) is 29.1 Å². The lowest BCUT2D eigenvalue weighted by Gasteiger charge is -2.17. The van der Waals surface area contributed by atoms with Crippen molar-refractivity contribution in [2.24, 2.45) is 5.92 Å². The van der Waals surface area contributed by atoms with E-state index in [0.717, 1.165) is 13.0 Å². The van der Waals surface area contributed by atoms with Crippen LogP contribution in [0.3, 0.4) is 0 Å². The van der Waals surface area contributed by atoms with Gasteiger partial charge in [0.1, 0.15) is 5.82 Å². The minimum Gasteiger partial charge on any atom is -0.481 e. The number of aliphatic carboxylic acids is 1. The maximum Gasteiger partial charge on any atom is 0.303 e. The number of hydrogen-bond acceptors (Lipinski definition) is 2. The molecule has 5 heteroatoms. The molecule has 98 valence electrons. The molecule has 0 bridgehead atoms. The molecule has 1 saturated heterocycles. The van der Waals surface area contributed by atoms with Crippen molar-refractivity contribution in [1.29, 1.82) is 0 Å². The highest BCUT2D eigenvalue weighted by Crippen LogP contribution is 2.25. The lowest BCUT2D eigenvalue weighted by atomic mass is 10.1. The molecule has 1 N–H and O–H groups in total. The normalized spacial score (nSPS) is 20.2. The highest BCUT2D eigenvalue weighted by Gasteiger charge is 2.25. The Labute approximate surface area is 110 Å². The van der Waals surface area contributed by atoms with E-state index in [1.54, 1.807) is 12.1 Å². The number of carbonyl (C=O) groups is 1. The zero-order valence-corrected chi connectivity index (χ0v) is 10.7. The number of carboxylic acid groups (broad SMARTS) is 1. The van der Waals surface area contributed by atoms with E-state index in [1.807, 2.05) is 0 Å².